The molecule has 0 aliphatic carbocycles. The topological polar surface area (TPSA) is 46.6 Å². The molecule has 0 aromatic heterocycles. The van der Waals surface area contributed by atoms with Crippen LogP contribution in [0.15, 0.2) is 72.3 Å². The van der Waals surface area contributed by atoms with Crippen LogP contribution in [0.4, 0.5) is 4.79 Å². The SMILES string of the molecule is CC(C)=CC[C@@H](Cc1ccccc1)C(=O)N1C(=O)OC[C@H]1Cc1ccccc1. The summed E-state index contributed by atoms with van der Waals surface area (Å²) in [5.74, 6) is -0.439. The Morgan fingerprint density at radius 1 is 1.07 bits per heavy atom. The van der Waals surface area contributed by atoms with Crippen molar-refractivity contribution in [2.45, 2.75) is 39.2 Å². The van der Waals surface area contributed by atoms with Crippen LogP contribution in [0.3, 0.4) is 0 Å². The van der Waals surface area contributed by atoms with Crippen molar-refractivity contribution in [1.29, 1.82) is 0 Å². The lowest BCUT2D eigenvalue weighted by Crippen LogP contribution is -2.44. The minimum Gasteiger partial charge on any atom is -0.447 e. The average Bonchev–Trinajstić information content (AvgIpc) is 3.06. The van der Waals surface area contributed by atoms with Gasteiger partial charge in [-0.05, 0) is 44.2 Å². The first-order valence-corrected chi connectivity index (χ1v) is 9.75. The molecule has 146 valence electrons. The van der Waals surface area contributed by atoms with Crippen molar-refractivity contribution >= 4 is 12.0 Å². The molecule has 0 N–H and O–H groups in total. The highest BCUT2D eigenvalue weighted by molar-refractivity contribution is 5.95. The Morgan fingerprint density at radius 2 is 1.68 bits per heavy atom. The van der Waals surface area contributed by atoms with Crippen molar-refractivity contribution in [2.24, 2.45) is 5.92 Å². The number of nitrogens with zero attached hydrogens (tertiary/aromatic N) is 1. The number of ether oxygens (including phenoxy) is 1. The minimum atomic E-state index is -0.527. The summed E-state index contributed by atoms with van der Waals surface area (Å²) in [5.41, 5.74) is 3.35. The number of hydrogen-bond acceptors (Lipinski definition) is 3. The highest BCUT2D eigenvalue weighted by Gasteiger charge is 2.40. The lowest BCUT2D eigenvalue weighted by Gasteiger charge is -2.24. The second-order valence-corrected chi connectivity index (χ2v) is 7.53. The molecule has 1 aliphatic rings. The number of carbonyl (C=O) groups is 2. The summed E-state index contributed by atoms with van der Waals surface area (Å²) in [6, 6.07) is 19.6. The first kappa shape index (κ1) is 19.9. The summed E-state index contributed by atoms with van der Waals surface area (Å²) in [4.78, 5) is 27.1. The van der Waals surface area contributed by atoms with Gasteiger partial charge in [0.1, 0.15) is 6.61 Å². The van der Waals surface area contributed by atoms with Crippen LogP contribution >= 0.6 is 0 Å². The first-order valence-electron chi connectivity index (χ1n) is 9.75. The number of imide groups is 1. The molecule has 4 heteroatoms. The second-order valence-electron chi connectivity index (χ2n) is 7.53. The van der Waals surface area contributed by atoms with Crippen molar-refractivity contribution in [3.63, 3.8) is 0 Å². The summed E-state index contributed by atoms with van der Waals surface area (Å²) in [5, 5.41) is 0. The lowest BCUT2D eigenvalue weighted by atomic mass is 9.93. The van der Waals surface area contributed by atoms with Crippen LogP contribution in [-0.2, 0) is 22.4 Å². The highest BCUT2D eigenvalue weighted by Crippen LogP contribution is 2.24. The zero-order chi connectivity index (χ0) is 19.9. The predicted octanol–water partition coefficient (Wildman–Crippen LogP) is 4.79. The summed E-state index contributed by atoms with van der Waals surface area (Å²) >= 11 is 0. The third kappa shape index (κ3) is 5.10. The molecule has 1 fully saturated rings. The van der Waals surface area contributed by atoms with Crippen molar-refractivity contribution in [2.75, 3.05) is 6.61 Å². The van der Waals surface area contributed by atoms with Crippen molar-refractivity contribution in [3.05, 3.63) is 83.4 Å². The van der Waals surface area contributed by atoms with Crippen molar-refractivity contribution in [3.8, 4) is 0 Å². The molecule has 2 amide bonds. The Hall–Kier alpha value is -2.88. The molecule has 0 saturated carbocycles. The molecule has 4 nitrogen and oxygen atoms in total. The van der Waals surface area contributed by atoms with Crippen molar-refractivity contribution in [1.82, 2.24) is 4.90 Å². The quantitative estimate of drug-likeness (QED) is 0.652. The van der Waals surface area contributed by atoms with Gasteiger partial charge < -0.3 is 4.74 Å². The molecular weight excluding hydrogens is 350 g/mol. The molecule has 3 rings (SSSR count). The highest BCUT2D eigenvalue weighted by atomic mass is 16.6. The molecule has 2 aromatic rings. The van der Waals surface area contributed by atoms with E-state index in [0.717, 1.165) is 16.7 Å². The second kappa shape index (κ2) is 9.36. The lowest BCUT2D eigenvalue weighted by molar-refractivity contribution is -0.133. The zero-order valence-corrected chi connectivity index (χ0v) is 16.5. The maximum Gasteiger partial charge on any atom is 0.416 e. The Balaban J connectivity index is 1.80. The Morgan fingerprint density at radius 3 is 2.29 bits per heavy atom. The summed E-state index contributed by atoms with van der Waals surface area (Å²) < 4.78 is 5.25. The summed E-state index contributed by atoms with van der Waals surface area (Å²) in [7, 11) is 0. The maximum absolute atomic E-state index is 13.4. The maximum atomic E-state index is 13.4. The van der Waals surface area contributed by atoms with Gasteiger partial charge >= 0.3 is 6.09 Å². The summed E-state index contributed by atoms with van der Waals surface area (Å²) in [6.45, 7) is 4.29. The molecule has 1 saturated heterocycles. The largest absolute Gasteiger partial charge is 0.447 e. The number of carbonyl (C=O) groups excluding carboxylic acids is 2. The Kier molecular flexibility index (Phi) is 6.64. The molecule has 0 bridgehead atoms. The Bertz CT molecular complexity index is 825. The van der Waals surface area contributed by atoms with E-state index in [1.165, 1.54) is 4.90 Å². The molecule has 1 aliphatic heterocycles. The molecule has 0 radical (unpaired) electrons. The molecule has 2 aromatic carbocycles. The zero-order valence-electron chi connectivity index (χ0n) is 16.5. The monoisotopic (exact) mass is 377 g/mol. The van der Waals surface area contributed by atoms with Gasteiger partial charge in [-0.1, -0.05) is 72.3 Å². The van der Waals surface area contributed by atoms with E-state index >= 15 is 0 Å². The van der Waals surface area contributed by atoms with Gasteiger partial charge in [-0.3, -0.25) is 4.79 Å². The molecular formula is C24H27NO3. The van der Waals surface area contributed by atoms with E-state index < -0.39 is 6.09 Å². The van der Waals surface area contributed by atoms with Crippen LogP contribution in [0.25, 0.3) is 0 Å². The van der Waals surface area contributed by atoms with E-state index in [4.69, 9.17) is 4.74 Å². The molecule has 1 heterocycles. The molecule has 0 spiro atoms. The van der Waals surface area contributed by atoms with Crippen LogP contribution in [0.1, 0.15) is 31.4 Å². The molecule has 2 atom stereocenters. The number of amides is 2. The van der Waals surface area contributed by atoms with Gasteiger partial charge in [0.2, 0.25) is 5.91 Å². The average molecular weight is 377 g/mol. The van der Waals surface area contributed by atoms with E-state index in [9.17, 15) is 9.59 Å². The fourth-order valence-electron chi connectivity index (χ4n) is 3.51. The van der Waals surface area contributed by atoms with E-state index in [-0.39, 0.29) is 24.5 Å². The number of hydrogen-bond donors (Lipinski definition) is 0. The van der Waals surface area contributed by atoms with Gasteiger partial charge in [0, 0.05) is 5.92 Å². The number of benzene rings is 2. The molecule has 0 unspecified atom stereocenters. The van der Waals surface area contributed by atoms with Gasteiger partial charge in [-0.25, -0.2) is 9.69 Å². The predicted molar refractivity (Wildman–Crippen MR) is 110 cm³/mol. The molecule has 28 heavy (non-hydrogen) atoms. The van der Waals surface area contributed by atoms with Crippen LogP contribution in [-0.4, -0.2) is 29.5 Å². The van der Waals surface area contributed by atoms with Gasteiger partial charge in [0.25, 0.3) is 0 Å². The van der Waals surface area contributed by atoms with Crippen molar-refractivity contribution < 1.29 is 14.3 Å². The van der Waals surface area contributed by atoms with Gasteiger partial charge in [-0.15, -0.1) is 0 Å². The van der Waals surface area contributed by atoms with Gasteiger partial charge in [0.15, 0.2) is 0 Å². The van der Waals surface area contributed by atoms with E-state index in [1.807, 2.05) is 74.5 Å². The van der Waals surface area contributed by atoms with E-state index in [2.05, 4.69) is 6.08 Å². The minimum absolute atomic E-state index is 0.148. The normalized spacial score (nSPS) is 17.1. The van der Waals surface area contributed by atoms with Gasteiger partial charge in [-0.2, -0.15) is 0 Å². The fourth-order valence-corrected chi connectivity index (χ4v) is 3.51. The van der Waals surface area contributed by atoms with Crippen LogP contribution in [0.2, 0.25) is 0 Å². The van der Waals surface area contributed by atoms with Crippen LogP contribution < -0.4 is 0 Å². The first-order chi connectivity index (χ1) is 13.5. The third-order valence-corrected chi connectivity index (χ3v) is 5.00. The number of cyclic esters (lactones) is 1. The standard InChI is InChI=1S/C24H27NO3/c1-18(2)13-14-21(15-19-9-5-3-6-10-19)23(26)25-22(17-28-24(25)27)16-20-11-7-4-8-12-20/h3-13,21-22H,14-17H2,1-2H3/t21-,22+/m0/s1. The summed E-state index contributed by atoms with van der Waals surface area (Å²) in [6.07, 6.45) is 3.36. The van der Waals surface area contributed by atoms with E-state index in [0.29, 0.717) is 19.3 Å². The fraction of sp³-hybridized carbons (Fsp3) is 0.333. The Labute approximate surface area is 166 Å². The third-order valence-electron chi connectivity index (χ3n) is 5.00. The smallest absolute Gasteiger partial charge is 0.416 e. The number of rotatable bonds is 7. The number of allylic oxidation sites excluding steroid dienone is 2. The van der Waals surface area contributed by atoms with Gasteiger partial charge in [0.05, 0.1) is 6.04 Å². The van der Waals surface area contributed by atoms with Crippen LogP contribution in [0.5, 0.6) is 0 Å². The van der Waals surface area contributed by atoms with Crippen LogP contribution in [0, 0.1) is 5.92 Å². The van der Waals surface area contributed by atoms with E-state index in [1.54, 1.807) is 0 Å².